The summed E-state index contributed by atoms with van der Waals surface area (Å²) in [6.45, 7) is 9.10. The third kappa shape index (κ3) is 2.77. The van der Waals surface area contributed by atoms with Gasteiger partial charge in [-0.15, -0.1) is 0 Å². The van der Waals surface area contributed by atoms with Crippen LogP contribution in [0.25, 0.3) is 0 Å². The third-order valence-corrected chi connectivity index (χ3v) is 7.81. The first-order valence-corrected chi connectivity index (χ1v) is 9.66. The fourth-order valence-corrected chi connectivity index (χ4v) is 6.06. The van der Waals surface area contributed by atoms with Crippen LogP contribution in [-0.4, -0.2) is 66.8 Å². The molecule has 0 aromatic carbocycles. The minimum absolute atomic E-state index is 0.0120. The van der Waals surface area contributed by atoms with E-state index in [0.717, 1.165) is 0 Å². The molecule has 0 aliphatic heterocycles. The number of fused-ring (bicyclic) bond motifs is 1. The topological polar surface area (TPSA) is 121 Å². The molecular formula is C20H34O6. The summed E-state index contributed by atoms with van der Waals surface area (Å²) >= 11 is 0. The molecule has 3 saturated carbocycles. The molecule has 150 valence electrons. The van der Waals surface area contributed by atoms with E-state index in [1.165, 1.54) is 0 Å². The Kier molecular flexibility index (Phi) is 4.87. The molecule has 1 spiro atoms. The van der Waals surface area contributed by atoms with Crippen molar-refractivity contribution in [3.8, 4) is 0 Å². The van der Waals surface area contributed by atoms with E-state index in [9.17, 15) is 30.6 Å². The summed E-state index contributed by atoms with van der Waals surface area (Å²) in [6, 6.07) is 0. The molecule has 6 heteroatoms. The lowest BCUT2D eigenvalue weighted by atomic mass is 9.58. The zero-order chi connectivity index (χ0) is 19.7. The summed E-state index contributed by atoms with van der Waals surface area (Å²) in [7, 11) is 0. The molecule has 9 atom stereocenters. The summed E-state index contributed by atoms with van der Waals surface area (Å²) in [6.07, 6.45) is -3.55. The van der Waals surface area contributed by atoms with Crippen LogP contribution in [0.2, 0.25) is 0 Å². The molecule has 26 heavy (non-hydrogen) atoms. The fraction of sp³-hybridized carbons (Fsp3) is 0.900. The summed E-state index contributed by atoms with van der Waals surface area (Å²) in [5.74, 6) is -0.581. The number of aliphatic hydroxyl groups excluding tert-OH is 5. The summed E-state index contributed by atoms with van der Waals surface area (Å²) in [4.78, 5) is 0. The Bertz CT molecular complexity index is 573. The van der Waals surface area contributed by atoms with Crippen LogP contribution in [0.15, 0.2) is 12.2 Å². The van der Waals surface area contributed by atoms with Crippen molar-refractivity contribution in [2.45, 2.75) is 89.0 Å². The van der Waals surface area contributed by atoms with Gasteiger partial charge in [0.15, 0.2) is 0 Å². The van der Waals surface area contributed by atoms with Crippen LogP contribution in [-0.2, 0) is 0 Å². The Morgan fingerprint density at radius 3 is 2.19 bits per heavy atom. The van der Waals surface area contributed by atoms with Gasteiger partial charge in [0.25, 0.3) is 0 Å². The lowest BCUT2D eigenvalue weighted by molar-refractivity contribution is -0.145. The third-order valence-electron chi connectivity index (χ3n) is 7.81. The Labute approximate surface area is 155 Å². The zero-order valence-corrected chi connectivity index (χ0v) is 16.0. The van der Waals surface area contributed by atoms with Crippen molar-refractivity contribution in [2.24, 2.45) is 22.7 Å². The van der Waals surface area contributed by atoms with Gasteiger partial charge in [-0.2, -0.15) is 0 Å². The average molecular weight is 370 g/mol. The molecule has 0 saturated heterocycles. The van der Waals surface area contributed by atoms with Gasteiger partial charge in [0.05, 0.1) is 36.1 Å². The van der Waals surface area contributed by atoms with Crippen molar-refractivity contribution in [3.63, 3.8) is 0 Å². The number of hydrogen-bond acceptors (Lipinski definition) is 6. The Balaban J connectivity index is 2.07. The van der Waals surface area contributed by atoms with Gasteiger partial charge in [-0.25, -0.2) is 0 Å². The van der Waals surface area contributed by atoms with Crippen LogP contribution in [0.1, 0.15) is 52.9 Å². The first kappa shape index (κ1) is 20.2. The van der Waals surface area contributed by atoms with Gasteiger partial charge in [-0.05, 0) is 44.1 Å². The molecule has 0 amide bonds. The Morgan fingerprint density at radius 1 is 0.962 bits per heavy atom. The summed E-state index contributed by atoms with van der Waals surface area (Å²) in [5.41, 5.74) is -2.41. The minimum atomic E-state index is -1.22. The van der Waals surface area contributed by atoms with Gasteiger partial charge >= 0.3 is 0 Å². The predicted molar refractivity (Wildman–Crippen MR) is 96.1 cm³/mol. The van der Waals surface area contributed by atoms with E-state index in [0.29, 0.717) is 18.4 Å². The van der Waals surface area contributed by atoms with Crippen LogP contribution in [0.3, 0.4) is 0 Å². The van der Waals surface area contributed by atoms with Crippen LogP contribution in [0.4, 0.5) is 0 Å². The molecule has 3 aliphatic rings. The van der Waals surface area contributed by atoms with Gasteiger partial charge in [0.1, 0.15) is 0 Å². The SMILES string of the molecule is C=C1[C@@H](O)C[C@H](O)C(C)(C)[C@H](O)[C@H](O)C[C@]23C[C@@](C)(O)[C@H](CC[C@@H]12)[C@H]3O. The van der Waals surface area contributed by atoms with Crippen molar-refractivity contribution in [2.75, 3.05) is 0 Å². The average Bonchev–Trinajstić information content (AvgIpc) is 2.65. The van der Waals surface area contributed by atoms with Gasteiger partial charge < -0.3 is 30.6 Å². The zero-order valence-electron chi connectivity index (χ0n) is 16.0. The lowest BCUT2D eigenvalue weighted by Crippen LogP contribution is -2.54. The summed E-state index contributed by atoms with van der Waals surface area (Å²) in [5, 5.41) is 64.7. The second kappa shape index (κ2) is 6.26. The van der Waals surface area contributed by atoms with E-state index in [-0.39, 0.29) is 31.1 Å². The summed E-state index contributed by atoms with van der Waals surface area (Å²) < 4.78 is 0. The fourth-order valence-electron chi connectivity index (χ4n) is 6.06. The maximum absolute atomic E-state index is 11.1. The largest absolute Gasteiger partial charge is 0.392 e. The molecule has 0 radical (unpaired) electrons. The maximum atomic E-state index is 11.1. The molecule has 0 unspecified atom stereocenters. The molecule has 0 heterocycles. The molecule has 3 rings (SSSR count). The van der Waals surface area contributed by atoms with E-state index < -0.39 is 47.0 Å². The Morgan fingerprint density at radius 2 is 1.58 bits per heavy atom. The normalized spacial score (nSPS) is 54.7. The molecule has 2 bridgehead atoms. The quantitative estimate of drug-likeness (QED) is 0.342. The van der Waals surface area contributed by atoms with Crippen molar-refractivity contribution in [3.05, 3.63) is 12.2 Å². The highest BCUT2D eigenvalue weighted by molar-refractivity contribution is 5.23. The van der Waals surface area contributed by atoms with Gasteiger partial charge in [0, 0.05) is 23.2 Å². The van der Waals surface area contributed by atoms with E-state index >= 15 is 0 Å². The van der Waals surface area contributed by atoms with E-state index in [2.05, 4.69) is 6.58 Å². The van der Waals surface area contributed by atoms with Gasteiger partial charge in [0.2, 0.25) is 0 Å². The van der Waals surface area contributed by atoms with Crippen LogP contribution < -0.4 is 0 Å². The van der Waals surface area contributed by atoms with E-state index in [4.69, 9.17) is 0 Å². The number of aliphatic hydroxyl groups is 6. The molecule has 6 N–H and O–H groups in total. The standard InChI is InChI=1S/C20H34O6/c1-10-11-5-6-12-16(24)20(11,9-19(12,4)26)8-14(22)17(25)18(2,3)15(23)7-13(10)21/h11-17,21-26H,1,5-9H2,2-4H3/t11-,12+,13-,14+,15-,16+,17+,19+,20-/m0/s1. The smallest absolute Gasteiger partial charge is 0.0874 e. The van der Waals surface area contributed by atoms with E-state index in [1.807, 2.05) is 0 Å². The van der Waals surface area contributed by atoms with Crippen LogP contribution in [0, 0.1) is 22.7 Å². The van der Waals surface area contributed by atoms with Crippen molar-refractivity contribution in [1.29, 1.82) is 0 Å². The van der Waals surface area contributed by atoms with Crippen molar-refractivity contribution in [1.82, 2.24) is 0 Å². The number of rotatable bonds is 0. The van der Waals surface area contributed by atoms with Crippen molar-refractivity contribution < 1.29 is 30.6 Å². The van der Waals surface area contributed by atoms with Crippen LogP contribution in [0.5, 0.6) is 0 Å². The molecule has 6 nitrogen and oxygen atoms in total. The second-order valence-corrected chi connectivity index (χ2v) is 9.83. The monoisotopic (exact) mass is 370 g/mol. The predicted octanol–water partition coefficient (Wildman–Crippen LogP) is 0.334. The van der Waals surface area contributed by atoms with Gasteiger partial charge in [-0.3, -0.25) is 0 Å². The molecule has 0 aromatic rings. The molecular weight excluding hydrogens is 336 g/mol. The highest BCUT2D eigenvalue weighted by Gasteiger charge is 2.65. The highest BCUT2D eigenvalue weighted by Crippen LogP contribution is 2.63. The highest BCUT2D eigenvalue weighted by atomic mass is 16.3. The molecule has 3 fully saturated rings. The number of hydrogen-bond donors (Lipinski definition) is 6. The first-order chi connectivity index (χ1) is 11.8. The molecule has 0 aromatic heterocycles. The Hall–Kier alpha value is -0.500. The first-order valence-electron chi connectivity index (χ1n) is 9.66. The lowest BCUT2D eigenvalue weighted by Gasteiger charge is -2.50. The minimum Gasteiger partial charge on any atom is -0.392 e. The van der Waals surface area contributed by atoms with Gasteiger partial charge in [-0.1, -0.05) is 20.4 Å². The van der Waals surface area contributed by atoms with E-state index in [1.54, 1.807) is 20.8 Å². The second-order valence-electron chi connectivity index (χ2n) is 9.83. The maximum Gasteiger partial charge on any atom is 0.0874 e. The molecule has 3 aliphatic carbocycles. The van der Waals surface area contributed by atoms with Crippen molar-refractivity contribution >= 4 is 0 Å². The van der Waals surface area contributed by atoms with Crippen LogP contribution >= 0.6 is 0 Å².